The van der Waals surface area contributed by atoms with Crippen LogP contribution in [-0.2, 0) is 41.0 Å². The van der Waals surface area contributed by atoms with Crippen molar-refractivity contribution in [3.05, 3.63) is 272 Å². The number of hydrogen-bond acceptors (Lipinski definition) is 7. The van der Waals surface area contributed by atoms with Crippen molar-refractivity contribution in [2.45, 2.75) is 107 Å². The van der Waals surface area contributed by atoms with E-state index in [0.717, 1.165) is 42.9 Å². The highest BCUT2D eigenvalue weighted by Gasteiger charge is 2.49. The van der Waals surface area contributed by atoms with E-state index in [0.29, 0.717) is 19.0 Å². The van der Waals surface area contributed by atoms with Crippen LogP contribution in [0.2, 0.25) is 0 Å². The van der Waals surface area contributed by atoms with E-state index < -0.39 is 28.1 Å². The van der Waals surface area contributed by atoms with E-state index in [9.17, 15) is 5.11 Å². The van der Waals surface area contributed by atoms with Gasteiger partial charge in [-0.25, -0.2) is 0 Å². The monoisotopic (exact) mass is 1040 g/mol. The lowest BCUT2D eigenvalue weighted by Gasteiger charge is -2.34. The molecule has 78 heavy (non-hydrogen) atoms. The Morgan fingerprint density at radius 1 is 0.474 bits per heavy atom. The van der Waals surface area contributed by atoms with Crippen molar-refractivity contribution in [3.63, 3.8) is 0 Å². The molecule has 12 rings (SSSR count). The van der Waals surface area contributed by atoms with Gasteiger partial charge in [0.2, 0.25) is 0 Å². The second kappa shape index (κ2) is 21.1. The highest BCUT2D eigenvalue weighted by molar-refractivity contribution is 5.63. The molecule has 2 saturated heterocycles. The predicted molar refractivity (Wildman–Crippen MR) is 308 cm³/mol. The van der Waals surface area contributed by atoms with Crippen LogP contribution >= 0.6 is 0 Å². The molecule has 398 valence electrons. The normalized spacial score (nSPS) is 22.6. The standard InChI is InChI=1S/C71H72O7/c1-47-17-35-62-64(49-13-9-7-10-14-49)39-70(66(62)37-47,54-25-21-52(22-26-54)69(5,6)78-46-61-45-76-61)55-27-31-58(32-28-55)73-41-57(72)42-77-68(3,4)51-19-23-53(24-20-51)71(56-29-33-59(34-30-56)74-43-60-44-75-60)40-65(50-15-11-8-12-16-50)63-36-18-48(2)38-67(63)71/h7-38,57,60-61,64-65,72H,39-46H2,1-6H3. The van der Waals surface area contributed by atoms with Gasteiger partial charge in [0.15, 0.2) is 0 Å². The Bertz CT molecular complexity index is 3340. The van der Waals surface area contributed by atoms with E-state index in [2.05, 4.69) is 236 Å². The van der Waals surface area contributed by atoms with Gasteiger partial charge in [0.05, 0.1) is 37.6 Å². The zero-order valence-electron chi connectivity index (χ0n) is 45.9. The number of fused-ring (bicyclic) bond motifs is 2. The van der Waals surface area contributed by atoms with Crippen molar-refractivity contribution in [1.82, 2.24) is 0 Å². The van der Waals surface area contributed by atoms with Gasteiger partial charge in [0, 0.05) is 22.7 Å². The molecule has 2 heterocycles. The summed E-state index contributed by atoms with van der Waals surface area (Å²) in [6.45, 7) is 15.7. The first-order valence-electron chi connectivity index (χ1n) is 28.0. The fourth-order valence-electron chi connectivity index (χ4n) is 12.6. The fourth-order valence-corrected chi connectivity index (χ4v) is 12.6. The molecule has 2 fully saturated rings. The molecule has 0 aromatic heterocycles. The van der Waals surface area contributed by atoms with E-state index in [4.69, 9.17) is 28.4 Å². The van der Waals surface area contributed by atoms with Crippen LogP contribution in [0.3, 0.4) is 0 Å². The Kier molecular flexibility index (Phi) is 14.0. The molecule has 7 atom stereocenters. The number of aliphatic hydroxyl groups excluding tert-OH is 1. The van der Waals surface area contributed by atoms with Gasteiger partial charge in [-0.2, -0.15) is 0 Å². The molecule has 7 heteroatoms. The summed E-state index contributed by atoms with van der Waals surface area (Å²) in [5.74, 6) is 1.98. The quantitative estimate of drug-likeness (QED) is 0.0762. The van der Waals surface area contributed by atoms with Crippen molar-refractivity contribution in [3.8, 4) is 11.5 Å². The Morgan fingerprint density at radius 2 is 0.872 bits per heavy atom. The zero-order chi connectivity index (χ0) is 53.7. The molecule has 8 aromatic rings. The lowest BCUT2D eigenvalue weighted by Crippen LogP contribution is -2.31. The maximum atomic E-state index is 11.4. The molecule has 2 aliphatic heterocycles. The van der Waals surface area contributed by atoms with Gasteiger partial charge in [-0.1, -0.05) is 181 Å². The van der Waals surface area contributed by atoms with Crippen molar-refractivity contribution >= 4 is 0 Å². The van der Waals surface area contributed by atoms with Gasteiger partial charge >= 0.3 is 0 Å². The van der Waals surface area contributed by atoms with Gasteiger partial charge in [-0.05, 0) is 145 Å². The topological polar surface area (TPSA) is 82.2 Å². The van der Waals surface area contributed by atoms with Gasteiger partial charge < -0.3 is 33.5 Å². The van der Waals surface area contributed by atoms with Gasteiger partial charge in [-0.3, -0.25) is 0 Å². The highest BCUT2D eigenvalue weighted by atomic mass is 16.6. The minimum atomic E-state index is -0.852. The van der Waals surface area contributed by atoms with Crippen molar-refractivity contribution in [1.29, 1.82) is 0 Å². The number of aliphatic hydroxyl groups is 1. The van der Waals surface area contributed by atoms with Gasteiger partial charge in [0.25, 0.3) is 0 Å². The van der Waals surface area contributed by atoms with Crippen LogP contribution in [0.15, 0.2) is 194 Å². The third kappa shape index (κ3) is 10.2. The average molecular weight is 1040 g/mol. The lowest BCUT2D eigenvalue weighted by atomic mass is 9.69. The SMILES string of the molecule is Cc1ccc2c(c1)C(c1ccc(OCC3CO3)cc1)(c1ccc(C(C)(C)OCC(O)COc3ccc(C4(c5ccc(C(C)(C)OCC6CO6)cc5)CC(c5ccccc5)c5ccc(C)cc54)cc3)cc1)CC2c1ccccc1. The van der Waals surface area contributed by atoms with Crippen LogP contribution in [0, 0.1) is 13.8 Å². The van der Waals surface area contributed by atoms with E-state index in [1.165, 1.54) is 66.8 Å². The van der Waals surface area contributed by atoms with Crippen LogP contribution in [0.25, 0.3) is 0 Å². The van der Waals surface area contributed by atoms with E-state index in [1.54, 1.807) is 0 Å². The smallest absolute Gasteiger partial charge is 0.119 e. The van der Waals surface area contributed by atoms with Crippen LogP contribution < -0.4 is 9.47 Å². The molecular formula is C71H72O7. The second-order valence-corrected chi connectivity index (χ2v) is 23.4. The maximum Gasteiger partial charge on any atom is 0.119 e. The summed E-state index contributed by atoms with van der Waals surface area (Å²) in [4.78, 5) is 0. The number of aryl methyl sites for hydroxylation is 2. The van der Waals surface area contributed by atoms with Gasteiger partial charge in [-0.15, -0.1) is 0 Å². The average Bonchev–Trinajstić information content (AvgIpc) is 4.46. The Balaban J connectivity index is 0.763. The first-order valence-corrected chi connectivity index (χ1v) is 28.0. The molecular weight excluding hydrogens is 965 g/mol. The summed E-state index contributed by atoms with van der Waals surface area (Å²) in [6.07, 6.45) is 1.31. The second-order valence-electron chi connectivity index (χ2n) is 23.4. The first kappa shape index (κ1) is 51.9. The van der Waals surface area contributed by atoms with Crippen LogP contribution in [0.4, 0.5) is 0 Å². The predicted octanol–water partition coefficient (Wildman–Crippen LogP) is 14.2. The summed E-state index contributed by atoms with van der Waals surface area (Å²) < 4.78 is 36.3. The molecule has 0 saturated carbocycles. The molecule has 7 nitrogen and oxygen atoms in total. The van der Waals surface area contributed by atoms with Crippen LogP contribution in [-0.4, -0.2) is 63.1 Å². The fraction of sp³-hybridized carbons (Fsp3) is 0.324. The molecule has 4 aliphatic rings. The third-order valence-corrected chi connectivity index (χ3v) is 17.3. The highest BCUT2D eigenvalue weighted by Crippen LogP contribution is 2.58. The van der Waals surface area contributed by atoms with Crippen molar-refractivity contribution in [2.75, 3.05) is 39.6 Å². The molecule has 0 amide bonds. The molecule has 2 aliphatic carbocycles. The largest absolute Gasteiger partial charge is 0.491 e. The minimum Gasteiger partial charge on any atom is -0.491 e. The van der Waals surface area contributed by atoms with E-state index >= 15 is 0 Å². The van der Waals surface area contributed by atoms with Crippen LogP contribution in [0.5, 0.6) is 11.5 Å². The maximum absolute atomic E-state index is 11.4. The summed E-state index contributed by atoms with van der Waals surface area (Å²) in [7, 11) is 0. The Hall–Kier alpha value is -6.84. The molecule has 0 spiro atoms. The minimum absolute atomic E-state index is 0.0892. The van der Waals surface area contributed by atoms with E-state index in [1.807, 2.05) is 0 Å². The first-order chi connectivity index (χ1) is 37.8. The van der Waals surface area contributed by atoms with Crippen molar-refractivity contribution < 1.29 is 33.5 Å². The van der Waals surface area contributed by atoms with Crippen LogP contribution in [0.1, 0.15) is 130 Å². The summed E-state index contributed by atoms with van der Waals surface area (Å²) in [6, 6.07) is 71.1. The summed E-state index contributed by atoms with van der Waals surface area (Å²) in [5.41, 5.74) is 15.5. The molecule has 0 bridgehead atoms. The lowest BCUT2D eigenvalue weighted by molar-refractivity contribution is -0.0717. The van der Waals surface area contributed by atoms with Gasteiger partial charge in [0.1, 0.15) is 43.0 Å². The number of benzene rings is 8. The molecule has 0 radical (unpaired) electrons. The number of rotatable bonds is 20. The zero-order valence-corrected chi connectivity index (χ0v) is 45.9. The van der Waals surface area contributed by atoms with E-state index in [-0.39, 0.29) is 37.3 Å². The van der Waals surface area contributed by atoms with Crippen molar-refractivity contribution in [2.24, 2.45) is 0 Å². The Morgan fingerprint density at radius 3 is 1.31 bits per heavy atom. The number of epoxide rings is 2. The summed E-state index contributed by atoms with van der Waals surface area (Å²) in [5, 5.41) is 11.4. The molecule has 8 aromatic carbocycles. The number of hydrogen-bond donors (Lipinski definition) is 1. The molecule has 7 unspecified atom stereocenters. The third-order valence-electron chi connectivity index (χ3n) is 17.3. The number of ether oxygens (including phenoxy) is 6. The molecule has 1 N–H and O–H groups in total. The Labute approximate surface area is 461 Å². The summed E-state index contributed by atoms with van der Waals surface area (Å²) >= 11 is 0.